The van der Waals surface area contributed by atoms with E-state index in [1.807, 2.05) is 0 Å². The lowest BCUT2D eigenvalue weighted by atomic mass is 10.1. The molecule has 0 spiro atoms. The Morgan fingerprint density at radius 2 is 2.16 bits per heavy atom. The number of carbonyl (C=O) groups is 1. The minimum atomic E-state index is -0.0502. The first-order valence-electron chi connectivity index (χ1n) is 5.98. The number of rotatable bonds is 3. The summed E-state index contributed by atoms with van der Waals surface area (Å²) in [7, 11) is 0. The molecule has 19 heavy (non-hydrogen) atoms. The van der Waals surface area contributed by atoms with Gasteiger partial charge in [-0.15, -0.1) is 0 Å². The second kappa shape index (κ2) is 4.68. The van der Waals surface area contributed by atoms with Gasteiger partial charge in [0.15, 0.2) is 0 Å². The van der Waals surface area contributed by atoms with Crippen LogP contribution in [0.3, 0.4) is 0 Å². The predicted molar refractivity (Wildman–Crippen MR) is 66.6 cm³/mol. The van der Waals surface area contributed by atoms with Crippen LogP contribution in [0.2, 0.25) is 0 Å². The van der Waals surface area contributed by atoms with E-state index in [-0.39, 0.29) is 11.9 Å². The molecule has 2 aromatic rings. The second-order valence-corrected chi connectivity index (χ2v) is 4.42. The van der Waals surface area contributed by atoms with Crippen LogP contribution in [0.25, 0.3) is 0 Å². The molecule has 3 rings (SSSR count). The van der Waals surface area contributed by atoms with Crippen LogP contribution >= 0.6 is 0 Å². The van der Waals surface area contributed by atoms with E-state index >= 15 is 0 Å². The van der Waals surface area contributed by atoms with Gasteiger partial charge in [-0.1, -0.05) is 5.16 Å². The summed E-state index contributed by atoms with van der Waals surface area (Å²) in [5.41, 5.74) is 0.523. The minimum absolute atomic E-state index is 0.0502. The predicted octanol–water partition coefficient (Wildman–Crippen LogP) is 0.710. The van der Waals surface area contributed by atoms with E-state index in [2.05, 4.69) is 20.4 Å². The van der Waals surface area contributed by atoms with Crippen molar-refractivity contribution in [2.45, 2.75) is 13.0 Å². The van der Waals surface area contributed by atoms with Gasteiger partial charge in [-0.25, -0.2) is 9.97 Å². The zero-order valence-electron chi connectivity index (χ0n) is 10.4. The van der Waals surface area contributed by atoms with Crippen molar-refractivity contribution >= 4 is 11.9 Å². The van der Waals surface area contributed by atoms with Crippen molar-refractivity contribution in [3.05, 3.63) is 36.0 Å². The molecule has 0 bridgehead atoms. The lowest BCUT2D eigenvalue weighted by molar-refractivity contribution is 0.0622. The SMILES string of the molecule is Cc1oncc1C(=O)N1CC(Nc2ncccn2)C1. The summed E-state index contributed by atoms with van der Waals surface area (Å²) in [6.45, 7) is 2.98. The van der Waals surface area contributed by atoms with Crippen LogP contribution in [-0.2, 0) is 0 Å². The van der Waals surface area contributed by atoms with E-state index in [4.69, 9.17) is 4.52 Å². The second-order valence-electron chi connectivity index (χ2n) is 4.42. The summed E-state index contributed by atoms with van der Waals surface area (Å²) in [5, 5.41) is 6.78. The minimum Gasteiger partial charge on any atom is -0.361 e. The number of aryl methyl sites for hydroxylation is 1. The summed E-state index contributed by atoms with van der Waals surface area (Å²) in [6, 6.07) is 1.95. The van der Waals surface area contributed by atoms with Crippen LogP contribution in [0.5, 0.6) is 0 Å². The van der Waals surface area contributed by atoms with E-state index < -0.39 is 0 Å². The van der Waals surface area contributed by atoms with Crippen molar-refractivity contribution in [1.29, 1.82) is 0 Å². The fourth-order valence-corrected chi connectivity index (χ4v) is 1.97. The zero-order valence-corrected chi connectivity index (χ0v) is 10.4. The van der Waals surface area contributed by atoms with E-state index in [0.29, 0.717) is 30.4 Å². The van der Waals surface area contributed by atoms with Gasteiger partial charge in [0.1, 0.15) is 11.3 Å². The van der Waals surface area contributed by atoms with Crippen LogP contribution in [0, 0.1) is 6.92 Å². The van der Waals surface area contributed by atoms with Gasteiger partial charge < -0.3 is 14.7 Å². The van der Waals surface area contributed by atoms with E-state index in [1.54, 1.807) is 30.3 Å². The van der Waals surface area contributed by atoms with Crippen molar-refractivity contribution in [3.8, 4) is 0 Å². The molecule has 1 aliphatic rings. The number of nitrogens with zero attached hydrogens (tertiary/aromatic N) is 4. The standard InChI is InChI=1S/C12H13N5O2/c1-8-10(5-15-19-8)11(18)17-6-9(7-17)16-12-13-3-2-4-14-12/h2-5,9H,6-7H2,1H3,(H,13,14,16). The van der Waals surface area contributed by atoms with Gasteiger partial charge in [-0.3, -0.25) is 4.79 Å². The monoisotopic (exact) mass is 259 g/mol. The molecule has 7 nitrogen and oxygen atoms in total. The van der Waals surface area contributed by atoms with E-state index in [1.165, 1.54) is 6.20 Å². The molecule has 0 atom stereocenters. The maximum Gasteiger partial charge on any atom is 0.259 e. The summed E-state index contributed by atoms with van der Waals surface area (Å²) in [5.74, 6) is 1.08. The number of nitrogens with one attached hydrogen (secondary N) is 1. The van der Waals surface area contributed by atoms with Crippen LogP contribution < -0.4 is 5.32 Å². The average molecular weight is 259 g/mol. The number of hydrogen-bond acceptors (Lipinski definition) is 6. The Labute approximate surface area is 109 Å². The largest absolute Gasteiger partial charge is 0.361 e. The van der Waals surface area contributed by atoms with Crippen molar-refractivity contribution in [2.24, 2.45) is 0 Å². The van der Waals surface area contributed by atoms with E-state index in [9.17, 15) is 4.79 Å². The molecule has 0 aromatic carbocycles. The van der Waals surface area contributed by atoms with Gasteiger partial charge in [-0.05, 0) is 13.0 Å². The molecule has 1 aliphatic heterocycles. The number of carbonyl (C=O) groups excluding carboxylic acids is 1. The first-order valence-corrected chi connectivity index (χ1v) is 5.98. The van der Waals surface area contributed by atoms with Crippen molar-refractivity contribution in [1.82, 2.24) is 20.0 Å². The van der Waals surface area contributed by atoms with Gasteiger partial charge >= 0.3 is 0 Å². The van der Waals surface area contributed by atoms with Crippen LogP contribution in [-0.4, -0.2) is 45.1 Å². The van der Waals surface area contributed by atoms with E-state index in [0.717, 1.165) is 0 Å². The summed E-state index contributed by atoms with van der Waals surface area (Å²) < 4.78 is 4.89. The Balaban J connectivity index is 1.56. The van der Waals surface area contributed by atoms with Crippen LogP contribution in [0.4, 0.5) is 5.95 Å². The third-order valence-corrected chi connectivity index (χ3v) is 3.05. The summed E-state index contributed by atoms with van der Waals surface area (Å²) >= 11 is 0. The third kappa shape index (κ3) is 2.26. The fraction of sp³-hybridized carbons (Fsp3) is 0.333. The molecule has 7 heteroatoms. The van der Waals surface area contributed by atoms with Gasteiger partial charge in [0.25, 0.3) is 5.91 Å². The van der Waals surface area contributed by atoms with Crippen LogP contribution in [0.1, 0.15) is 16.1 Å². The number of anilines is 1. The molecule has 0 radical (unpaired) electrons. The van der Waals surface area contributed by atoms with Gasteiger partial charge in [0.05, 0.1) is 12.2 Å². The van der Waals surface area contributed by atoms with Gasteiger partial charge in [-0.2, -0.15) is 0 Å². The molecule has 1 fully saturated rings. The first kappa shape index (κ1) is 11.6. The summed E-state index contributed by atoms with van der Waals surface area (Å²) in [4.78, 5) is 22.0. The Bertz CT molecular complexity index is 577. The number of aromatic nitrogens is 3. The third-order valence-electron chi connectivity index (χ3n) is 3.05. The maximum absolute atomic E-state index is 12.1. The molecule has 1 saturated heterocycles. The Morgan fingerprint density at radius 3 is 2.79 bits per heavy atom. The average Bonchev–Trinajstić information content (AvgIpc) is 2.80. The highest BCUT2D eigenvalue weighted by Crippen LogP contribution is 2.17. The lowest BCUT2D eigenvalue weighted by Gasteiger charge is -2.39. The molecule has 98 valence electrons. The highest BCUT2D eigenvalue weighted by atomic mass is 16.5. The Hall–Kier alpha value is -2.44. The van der Waals surface area contributed by atoms with Crippen LogP contribution in [0.15, 0.2) is 29.2 Å². The topological polar surface area (TPSA) is 84.2 Å². The number of likely N-dealkylation sites (tertiary alicyclic amines) is 1. The number of hydrogen-bond donors (Lipinski definition) is 1. The molecule has 0 saturated carbocycles. The maximum atomic E-state index is 12.1. The molecular formula is C12H13N5O2. The van der Waals surface area contributed by atoms with Gasteiger partial charge in [0.2, 0.25) is 5.95 Å². The Kier molecular flexibility index (Phi) is 2.86. The molecular weight excluding hydrogens is 246 g/mol. The molecule has 2 aromatic heterocycles. The molecule has 0 aliphatic carbocycles. The Morgan fingerprint density at radius 1 is 1.42 bits per heavy atom. The number of amides is 1. The molecule has 3 heterocycles. The first-order chi connectivity index (χ1) is 9.24. The highest BCUT2D eigenvalue weighted by molar-refractivity contribution is 5.95. The molecule has 0 unspecified atom stereocenters. The smallest absolute Gasteiger partial charge is 0.259 e. The van der Waals surface area contributed by atoms with Gasteiger partial charge in [0, 0.05) is 25.5 Å². The van der Waals surface area contributed by atoms with Crippen molar-refractivity contribution in [2.75, 3.05) is 18.4 Å². The highest BCUT2D eigenvalue weighted by Gasteiger charge is 2.33. The molecule has 1 N–H and O–H groups in total. The fourth-order valence-electron chi connectivity index (χ4n) is 1.97. The van der Waals surface area contributed by atoms with Crippen molar-refractivity contribution in [3.63, 3.8) is 0 Å². The zero-order chi connectivity index (χ0) is 13.2. The quantitative estimate of drug-likeness (QED) is 0.873. The van der Waals surface area contributed by atoms with Crippen molar-refractivity contribution < 1.29 is 9.32 Å². The normalized spacial score (nSPS) is 15.1. The lowest BCUT2D eigenvalue weighted by Crippen LogP contribution is -2.57. The summed E-state index contributed by atoms with van der Waals surface area (Å²) in [6.07, 6.45) is 4.81. The molecule has 1 amide bonds.